The number of hydrogen-bond acceptors (Lipinski definition) is 5. The van der Waals surface area contributed by atoms with Crippen molar-refractivity contribution in [2.24, 2.45) is 0 Å². The van der Waals surface area contributed by atoms with E-state index in [1.165, 1.54) is 6.08 Å². The van der Waals surface area contributed by atoms with Crippen molar-refractivity contribution in [3.63, 3.8) is 0 Å². The second-order valence-electron chi connectivity index (χ2n) is 7.86. The molecular weight excluding hydrogens is 456 g/mol. The van der Waals surface area contributed by atoms with Gasteiger partial charge in [0.1, 0.15) is 5.75 Å². The van der Waals surface area contributed by atoms with Crippen LogP contribution < -0.4 is 24.3 Å². The SMILES string of the molecule is COc1ccc(C=Cc2cc(OC)c(OC)c(OC)c2)c(NC(=O)/C=C/c2c[nH]c3ccccc23)c1. The summed E-state index contributed by atoms with van der Waals surface area (Å²) in [7, 11) is 6.30. The van der Waals surface area contributed by atoms with Crippen molar-refractivity contribution >= 4 is 40.7 Å². The van der Waals surface area contributed by atoms with E-state index < -0.39 is 0 Å². The molecule has 1 amide bonds. The number of H-pyrrole nitrogens is 1. The van der Waals surface area contributed by atoms with E-state index in [4.69, 9.17) is 18.9 Å². The van der Waals surface area contributed by atoms with Crippen LogP contribution in [0.25, 0.3) is 29.1 Å². The van der Waals surface area contributed by atoms with Gasteiger partial charge in [-0.2, -0.15) is 0 Å². The number of fused-ring (bicyclic) bond motifs is 1. The number of nitrogens with one attached hydrogen (secondary N) is 2. The minimum Gasteiger partial charge on any atom is -0.497 e. The number of aromatic nitrogens is 1. The van der Waals surface area contributed by atoms with Gasteiger partial charge in [-0.15, -0.1) is 0 Å². The van der Waals surface area contributed by atoms with Crippen LogP contribution in [0, 0.1) is 0 Å². The highest BCUT2D eigenvalue weighted by molar-refractivity contribution is 6.04. The Hall–Kier alpha value is -4.65. The molecule has 0 radical (unpaired) electrons. The van der Waals surface area contributed by atoms with Crippen LogP contribution in [0.4, 0.5) is 5.69 Å². The molecule has 0 unspecified atom stereocenters. The first-order chi connectivity index (χ1) is 17.6. The van der Waals surface area contributed by atoms with Gasteiger partial charge >= 0.3 is 0 Å². The molecule has 7 heteroatoms. The number of ether oxygens (including phenoxy) is 4. The molecule has 1 aromatic heterocycles. The third-order valence-electron chi connectivity index (χ3n) is 5.70. The highest BCUT2D eigenvalue weighted by Crippen LogP contribution is 2.38. The molecule has 1 heterocycles. The van der Waals surface area contributed by atoms with Crippen molar-refractivity contribution < 1.29 is 23.7 Å². The molecule has 7 nitrogen and oxygen atoms in total. The number of carbonyl (C=O) groups is 1. The van der Waals surface area contributed by atoms with E-state index in [1.807, 2.05) is 66.9 Å². The molecule has 0 aliphatic carbocycles. The summed E-state index contributed by atoms with van der Waals surface area (Å²) in [4.78, 5) is 16.0. The maximum atomic E-state index is 12.8. The van der Waals surface area contributed by atoms with Crippen LogP contribution in [0.1, 0.15) is 16.7 Å². The predicted molar refractivity (Wildman–Crippen MR) is 144 cm³/mol. The Morgan fingerprint density at radius 1 is 0.806 bits per heavy atom. The lowest BCUT2D eigenvalue weighted by molar-refractivity contribution is -0.111. The Morgan fingerprint density at radius 2 is 1.56 bits per heavy atom. The number of anilines is 1. The van der Waals surface area contributed by atoms with Crippen LogP contribution in [0.15, 0.2) is 66.9 Å². The van der Waals surface area contributed by atoms with Crippen molar-refractivity contribution in [3.8, 4) is 23.0 Å². The minimum absolute atomic E-state index is 0.254. The van der Waals surface area contributed by atoms with Crippen molar-refractivity contribution in [1.82, 2.24) is 4.98 Å². The average molecular weight is 485 g/mol. The molecular formula is C29H28N2O5. The maximum Gasteiger partial charge on any atom is 0.248 e. The van der Waals surface area contributed by atoms with Gasteiger partial charge in [-0.05, 0) is 53.1 Å². The van der Waals surface area contributed by atoms with Crippen molar-refractivity contribution in [2.75, 3.05) is 33.8 Å². The molecule has 0 bridgehead atoms. The van der Waals surface area contributed by atoms with Crippen LogP contribution in [0.2, 0.25) is 0 Å². The molecule has 4 rings (SSSR count). The number of methoxy groups -OCH3 is 4. The lowest BCUT2D eigenvalue weighted by Gasteiger charge is -2.13. The Balaban J connectivity index is 1.59. The third-order valence-corrected chi connectivity index (χ3v) is 5.70. The van der Waals surface area contributed by atoms with Gasteiger partial charge in [0.25, 0.3) is 0 Å². The van der Waals surface area contributed by atoms with E-state index in [0.29, 0.717) is 28.7 Å². The van der Waals surface area contributed by atoms with Gasteiger partial charge in [-0.3, -0.25) is 4.79 Å². The summed E-state index contributed by atoms with van der Waals surface area (Å²) < 4.78 is 21.6. The summed E-state index contributed by atoms with van der Waals surface area (Å²) in [5.74, 6) is 2.02. The zero-order valence-electron chi connectivity index (χ0n) is 20.6. The van der Waals surface area contributed by atoms with Crippen LogP contribution in [-0.4, -0.2) is 39.3 Å². The van der Waals surface area contributed by atoms with Crippen molar-refractivity contribution in [2.45, 2.75) is 0 Å². The van der Waals surface area contributed by atoms with Gasteiger partial charge in [-0.25, -0.2) is 0 Å². The zero-order valence-corrected chi connectivity index (χ0v) is 20.6. The van der Waals surface area contributed by atoms with E-state index in [9.17, 15) is 4.79 Å². The lowest BCUT2D eigenvalue weighted by atomic mass is 10.1. The highest BCUT2D eigenvalue weighted by Gasteiger charge is 2.12. The Bertz CT molecular complexity index is 1410. The van der Waals surface area contributed by atoms with Crippen molar-refractivity contribution in [1.29, 1.82) is 0 Å². The van der Waals surface area contributed by atoms with E-state index in [2.05, 4.69) is 10.3 Å². The summed E-state index contributed by atoms with van der Waals surface area (Å²) >= 11 is 0. The fourth-order valence-electron chi connectivity index (χ4n) is 3.87. The average Bonchev–Trinajstić information content (AvgIpc) is 3.33. The van der Waals surface area contributed by atoms with Gasteiger partial charge in [0.15, 0.2) is 11.5 Å². The van der Waals surface area contributed by atoms with E-state index in [1.54, 1.807) is 40.6 Å². The topological polar surface area (TPSA) is 81.8 Å². The first kappa shape index (κ1) is 24.5. The number of para-hydroxylation sites is 1. The van der Waals surface area contributed by atoms with Crippen LogP contribution in [0.5, 0.6) is 23.0 Å². The lowest BCUT2D eigenvalue weighted by Crippen LogP contribution is -2.09. The number of hydrogen-bond donors (Lipinski definition) is 2. The Morgan fingerprint density at radius 3 is 2.25 bits per heavy atom. The number of carbonyl (C=O) groups excluding carboxylic acids is 1. The molecule has 36 heavy (non-hydrogen) atoms. The van der Waals surface area contributed by atoms with E-state index >= 15 is 0 Å². The summed E-state index contributed by atoms with van der Waals surface area (Å²) in [5, 5.41) is 4.01. The second kappa shape index (κ2) is 11.2. The fourth-order valence-corrected chi connectivity index (χ4v) is 3.87. The van der Waals surface area contributed by atoms with Crippen LogP contribution in [0.3, 0.4) is 0 Å². The molecule has 184 valence electrons. The normalized spacial score (nSPS) is 11.2. The molecule has 3 aromatic carbocycles. The number of amides is 1. The van der Waals surface area contributed by atoms with Crippen LogP contribution in [-0.2, 0) is 4.79 Å². The first-order valence-electron chi connectivity index (χ1n) is 11.3. The zero-order chi connectivity index (χ0) is 25.5. The fraction of sp³-hybridized carbons (Fsp3) is 0.138. The largest absolute Gasteiger partial charge is 0.497 e. The van der Waals surface area contributed by atoms with E-state index in [-0.39, 0.29) is 5.91 Å². The molecule has 0 fully saturated rings. The number of rotatable bonds is 9. The molecule has 0 saturated heterocycles. The summed E-state index contributed by atoms with van der Waals surface area (Å²) in [6, 6.07) is 17.1. The third kappa shape index (κ3) is 5.36. The molecule has 0 aliphatic rings. The summed E-state index contributed by atoms with van der Waals surface area (Å²) in [5.41, 5.74) is 4.22. The number of benzene rings is 3. The molecule has 4 aromatic rings. The summed E-state index contributed by atoms with van der Waals surface area (Å²) in [6.07, 6.45) is 9.00. The van der Waals surface area contributed by atoms with Crippen LogP contribution >= 0.6 is 0 Å². The minimum atomic E-state index is -0.254. The number of aromatic amines is 1. The van der Waals surface area contributed by atoms with Crippen molar-refractivity contribution in [3.05, 3.63) is 83.6 Å². The van der Waals surface area contributed by atoms with Gasteiger partial charge in [0.05, 0.1) is 34.1 Å². The molecule has 0 aliphatic heterocycles. The molecule has 2 N–H and O–H groups in total. The molecule has 0 saturated carbocycles. The van der Waals surface area contributed by atoms with Gasteiger partial charge in [-0.1, -0.05) is 30.4 Å². The monoisotopic (exact) mass is 484 g/mol. The van der Waals surface area contributed by atoms with Gasteiger partial charge in [0.2, 0.25) is 11.7 Å². The molecule has 0 spiro atoms. The smallest absolute Gasteiger partial charge is 0.248 e. The quantitative estimate of drug-likeness (QED) is 0.224. The van der Waals surface area contributed by atoms with E-state index in [0.717, 1.165) is 27.6 Å². The van der Waals surface area contributed by atoms with Gasteiger partial charge in [0, 0.05) is 29.2 Å². The Labute approximate surface area is 210 Å². The predicted octanol–water partition coefficient (Wildman–Crippen LogP) is 6.02. The Kier molecular flexibility index (Phi) is 7.60. The first-order valence-corrected chi connectivity index (χ1v) is 11.3. The standard InChI is InChI=1S/C29H28N2O5/c1-33-22-13-11-20(10-9-19-15-26(34-2)29(36-4)27(16-19)35-3)25(17-22)31-28(32)14-12-21-18-30-24-8-6-5-7-23(21)24/h5-18,30H,1-4H3,(H,31,32)/b10-9?,14-12+. The second-order valence-corrected chi connectivity index (χ2v) is 7.86. The maximum absolute atomic E-state index is 12.8. The molecule has 0 atom stereocenters. The highest BCUT2D eigenvalue weighted by atomic mass is 16.5. The summed E-state index contributed by atoms with van der Waals surface area (Å²) in [6.45, 7) is 0. The van der Waals surface area contributed by atoms with Gasteiger partial charge < -0.3 is 29.2 Å².